The Morgan fingerprint density at radius 2 is 2.05 bits per heavy atom. The monoisotopic (exact) mass is 290 g/mol. The van der Waals surface area contributed by atoms with E-state index >= 15 is 0 Å². The third-order valence-electron chi connectivity index (χ3n) is 3.30. The second-order valence-corrected chi connectivity index (χ2v) is 6.32. The van der Waals surface area contributed by atoms with Crippen LogP contribution in [0.4, 0.5) is 5.69 Å². The van der Waals surface area contributed by atoms with Gasteiger partial charge in [0.15, 0.2) is 0 Å². The molecule has 1 aliphatic rings. The molecule has 2 N–H and O–H groups in total. The van der Waals surface area contributed by atoms with Gasteiger partial charge in [-0.05, 0) is 44.9 Å². The van der Waals surface area contributed by atoms with E-state index in [9.17, 15) is 14.7 Å². The van der Waals surface area contributed by atoms with E-state index in [1.807, 2.05) is 0 Å². The van der Waals surface area contributed by atoms with Crippen LogP contribution in [0.2, 0.25) is 0 Å². The molecule has 1 aromatic rings. The number of benzene rings is 1. The van der Waals surface area contributed by atoms with Crippen molar-refractivity contribution < 1.29 is 14.7 Å². The van der Waals surface area contributed by atoms with Crippen molar-refractivity contribution in [2.75, 3.05) is 18.9 Å². The molecule has 0 spiro atoms. The van der Waals surface area contributed by atoms with Crippen molar-refractivity contribution >= 4 is 17.5 Å². The Morgan fingerprint density at radius 3 is 2.62 bits per heavy atom. The van der Waals surface area contributed by atoms with Crippen LogP contribution in [0.15, 0.2) is 24.3 Å². The minimum atomic E-state index is -0.942. The number of likely N-dealkylation sites (N-methyl/N-ethyl adjacent to an activating group) is 1. The molecular formula is C16H22N2O3. The Balaban J connectivity index is 2.05. The van der Waals surface area contributed by atoms with Crippen LogP contribution < -0.4 is 5.32 Å². The highest BCUT2D eigenvalue weighted by molar-refractivity contribution is 5.98. The summed E-state index contributed by atoms with van der Waals surface area (Å²) >= 11 is 0. The lowest BCUT2D eigenvalue weighted by atomic mass is 10.1. The molecular weight excluding hydrogens is 268 g/mol. The second-order valence-electron chi connectivity index (χ2n) is 6.32. The number of amides is 2. The van der Waals surface area contributed by atoms with Gasteiger partial charge in [-0.2, -0.15) is 0 Å². The molecule has 0 aliphatic heterocycles. The van der Waals surface area contributed by atoms with Crippen molar-refractivity contribution in [3.05, 3.63) is 29.8 Å². The maximum atomic E-state index is 12.3. The van der Waals surface area contributed by atoms with Gasteiger partial charge in [0.1, 0.15) is 0 Å². The van der Waals surface area contributed by atoms with E-state index in [4.69, 9.17) is 0 Å². The zero-order valence-electron chi connectivity index (χ0n) is 12.7. The van der Waals surface area contributed by atoms with Gasteiger partial charge in [0.25, 0.3) is 5.91 Å². The topological polar surface area (TPSA) is 69.6 Å². The van der Waals surface area contributed by atoms with Gasteiger partial charge in [-0.1, -0.05) is 6.07 Å². The third kappa shape index (κ3) is 4.56. The highest BCUT2D eigenvalue weighted by Crippen LogP contribution is 2.30. The minimum absolute atomic E-state index is 0.0180. The van der Waals surface area contributed by atoms with Crippen LogP contribution in [-0.4, -0.2) is 41.0 Å². The molecule has 2 amide bonds. The van der Waals surface area contributed by atoms with Crippen LogP contribution in [0.1, 0.15) is 37.0 Å². The molecule has 1 saturated carbocycles. The SMILES string of the molecule is CN(CC(C)(C)O)C(=O)c1cccc(NC(=O)C2CC2)c1. The van der Waals surface area contributed by atoms with Crippen LogP contribution >= 0.6 is 0 Å². The molecule has 0 aromatic heterocycles. The Labute approximate surface area is 125 Å². The van der Waals surface area contributed by atoms with Gasteiger partial charge in [-0.25, -0.2) is 0 Å². The Morgan fingerprint density at radius 1 is 1.38 bits per heavy atom. The number of rotatable bonds is 5. The summed E-state index contributed by atoms with van der Waals surface area (Å²) in [5, 5.41) is 12.6. The first kappa shape index (κ1) is 15.5. The molecule has 1 aromatic carbocycles. The van der Waals surface area contributed by atoms with Gasteiger partial charge < -0.3 is 15.3 Å². The molecule has 0 heterocycles. The number of aliphatic hydroxyl groups is 1. The first-order chi connectivity index (χ1) is 9.76. The molecule has 5 nitrogen and oxygen atoms in total. The smallest absolute Gasteiger partial charge is 0.253 e. The van der Waals surface area contributed by atoms with E-state index in [0.717, 1.165) is 12.8 Å². The van der Waals surface area contributed by atoms with Crippen LogP contribution in [0, 0.1) is 5.92 Å². The zero-order chi connectivity index (χ0) is 15.6. The van der Waals surface area contributed by atoms with E-state index in [2.05, 4.69) is 5.32 Å². The highest BCUT2D eigenvalue weighted by atomic mass is 16.3. The molecule has 21 heavy (non-hydrogen) atoms. The van der Waals surface area contributed by atoms with E-state index in [1.54, 1.807) is 45.2 Å². The molecule has 2 rings (SSSR count). The van der Waals surface area contributed by atoms with E-state index in [-0.39, 0.29) is 24.3 Å². The number of anilines is 1. The van der Waals surface area contributed by atoms with Gasteiger partial charge in [0, 0.05) is 30.8 Å². The Hall–Kier alpha value is -1.88. The molecule has 1 aliphatic carbocycles. The van der Waals surface area contributed by atoms with Crippen LogP contribution in [0.3, 0.4) is 0 Å². The number of carbonyl (C=O) groups is 2. The van der Waals surface area contributed by atoms with Crippen molar-refractivity contribution in [1.82, 2.24) is 4.90 Å². The van der Waals surface area contributed by atoms with Crippen LogP contribution in [0.25, 0.3) is 0 Å². The number of carbonyl (C=O) groups excluding carboxylic acids is 2. The number of hydrogen-bond acceptors (Lipinski definition) is 3. The summed E-state index contributed by atoms with van der Waals surface area (Å²) in [7, 11) is 1.65. The van der Waals surface area contributed by atoms with E-state index in [1.165, 1.54) is 4.90 Å². The average Bonchev–Trinajstić information content (AvgIpc) is 3.20. The lowest BCUT2D eigenvalue weighted by molar-refractivity contribution is -0.117. The minimum Gasteiger partial charge on any atom is -0.389 e. The number of nitrogens with zero attached hydrogens (tertiary/aromatic N) is 1. The van der Waals surface area contributed by atoms with Crippen LogP contribution in [-0.2, 0) is 4.79 Å². The van der Waals surface area contributed by atoms with Gasteiger partial charge in [0.2, 0.25) is 5.91 Å². The molecule has 0 radical (unpaired) electrons. The van der Waals surface area contributed by atoms with Gasteiger partial charge in [-0.15, -0.1) is 0 Å². The van der Waals surface area contributed by atoms with Gasteiger partial charge in [-0.3, -0.25) is 9.59 Å². The zero-order valence-corrected chi connectivity index (χ0v) is 12.7. The fourth-order valence-corrected chi connectivity index (χ4v) is 2.19. The summed E-state index contributed by atoms with van der Waals surface area (Å²) in [6, 6.07) is 6.89. The Bertz CT molecular complexity index is 545. The predicted octanol–water partition coefficient (Wildman–Crippen LogP) is 1.88. The molecule has 0 atom stereocenters. The standard InChI is InChI=1S/C16H22N2O3/c1-16(2,21)10-18(3)15(20)12-5-4-6-13(9-12)17-14(19)11-7-8-11/h4-6,9,11,21H,7-8,10H2,1-3H3,(H,17,19). The van der Waals surface area contributed by atoms with Crippen molar-refractivity contribution in [3.63, 3.8) is 0 Å². The summed E-state index contributed by atoms with van der Waals surface area (Å²) < 4.78 is 0. The first-order valence-electron chi connectivity index (χ1n) is 7.15. The van der Waals surface area contributed by atoms with E-state index in [0.29, 0.717) is 11.3 Å². The fraction of sp³-hybridized carbons (Fsp3) is 0.500. The maximum Gasteiger partial charge on any atom is 0.253 e. The van der Waals surface area contributed by atoms with Gasteiger partial charge >= 0.3 is 0 Å². The van der Waals surface area contributed by atoms with E-state index < -0.39 is 5.60 Å². The lowest BCUT2D eigenvalue weighted by Gasteiger charge is -2.25. The molecule has 1 fully saturated rings. The van der Waals surface area contributed by atoms with Crippen LogP contribution in [0.5, 0.6) is 0 Å². The fourth-order valence-electron chi connectivity index (χ4n) is 2.19. The van der Waals surface area contributed by atoms with Crippen molar-refractivity contribution in [1.29, 1.82) is 0 Å². The molecule has 0 saturated heterocycles. The number of nitrogens with one attached hydrogen (secondary N) is 1. The highest BCUT2D eigenvalue weighted by Gasteiger charge is 2.29. The molecule has 0 unspecified atom stereocenters. The summed E-state index contributed by atoms with van der Waals surface area (Å²) in [6.45, 7) is 3.55. The van der Waals surface area contributed by atoms with Gasteiger partial charge in [0.05, 0.1) is 5.60 Å². The first-order valence-corrected chi connectivity index (χ1v) is 7.15. The summed E-state index contributed by atoms with van der Waals surface area (Å²) in [5.41, 5.74) is 0.187. The van der Waals surface area contributed by atoms with Crippen molar-refractivity contribution in [2.45, 2.75) is 32.3 Å². The summed E-state index contributed by atoms with van der Waals surface area (Å²) in [5.74, 6) is -0.0358. The average molecular weight is 290 g/mol. The lowest BCUT2D eigenvalue weighted by Crippen LogP contribution is -2.39. The molecule has 114 valence electrons. The normalized spacial score (nSPS) is 14.7. The molecule has 5 heteroatoms. The largest absolute Gasteiger partial charge is 0.389 e. The predicted molar refractivity (Wildman–Crippen MR) is 81.1 cm³/mol. The van der Waals surface area contributed by atoms with Crippen molar-refractivity contribution in [3.8, 4) is 0 Å². The number of hydrogen-bond donors (Lipinski definition) is 2. The second kappa shape index (κ2) is 5.85. The summed E-state index contributed by atoms with van der Waals surface area (Å²) in [6.07, 6.45) is 1.89. The Kier molecular flexibility index (Phi) is 4.32. The van der Waals surface area contributed by atoms with Crippen molar-refractivity contribution in [2.24, 2.45) is 5.92 Å². The molecule has 0 bridgehead atoms. The quantitative estimate of drug-likeness (QED) is 0.870. The summed E-state index contributed by atoms with van der Waals surface area (Å²) in [4.78, 5) is 25.5. The third-order valence-corrected chi connectivity index (χ3v) is 3.30. The maximum absolute atomic E-state index is 12.3.